The second-order valence-corrected chi connectivity index (χ2v) is 21.9. The fourth-order valence-electron chi connectivity index (χ4n) is 10.0. The van der Waals surface area contributed by atoms with Crippen molar-refractivity contribution in [3.63, 3.8) is 0 Å². The Balaban J connectivity index is 1.40. The van der Waals surface area contributed by atoms with Crippen molar-refractivity contribution in [2.75, 3.05) is 9.80 Å². The zero-order valence-corrected chi connectivity index (χ0v) is 36.6. The van der Waals surface area contributed by atoms with Crippen LogP contribution in [0.15, 0.2) is 72.8 Å². The molecule has 0 bridgehead atoms. The molecule has 0 fully saturated rings. The molecule has 0 spiro atoms. The second-order valence-electron chi connectivity index (χ2n) is 21.9. The van der Waals surface area contributed by atoms with Gasteiger partial charge in [-0.25, -0.2) is 0 Å². The van der Waals surface area contributed by atoms with E-state index in [1.807, 2.05) is 0 Å². The van der Waals surface area contributed by atoms with E-state index in [9.17, 15) is 0 Å². The van der Waals surface area contributed by atoms with Crippen molar-refractivity contribution in [2.24, 2.45) is 0 Å². The lowest BCUT2D eigenvalue weighted by Gasteiger charge is -2.45. The van der Waals surface area contributed by atoms with Crippen LogP contribution >= 0.6 is 0 Å². The van der Waals surface area contributed by atoms with E-state index in [4.69, 9.17) is 0 Å². The molecule has 0 aromatic heterocycles. The highest BCUT2D eigenvalue weighted by atomic mass is 15.2. The van der Waals surface area contributed by atoms with Crippen LogP contribution < -0.4 is 26.2 Å². The summed E-state index contributed by atoms with van der Waals surface area (Å²) < 4.78 is 0. The first-order valence-electron chi connectivity index (χ1n) is 21.6. The maximum Gasteiger partial charge on any atom is 0.252 e. The minimum atomic E-state index is 0.0140. The molecular formula is C53H63BN2. The van der Waals surface area contributed by atoms with Crippen LogP contribution in [0.5, 0.6) is 0 Å². The Morgan fingerprint density at radius 2 is 0.714 bits per heavy atom. The number of aryl methyl sites for hydroxylation is 5. The molecule has 2 aliphatic carbocycles. The maximum absolute atomic E-state index is 2.68. The monoisotopic (exact) mass is 739 g/mol. The van der Waals surface area contributed by atoms with Crippen molar-refractivity contribution in [3.05, 3.63) is 123 Å². The van der Waals surface area contributed by atoms with Gasteiger partial charge in [-0.15, -0.1) is 0 Å². The van der Waals surface area contributed by atoms with Gasteiger partial charge in [0.25, 0.3) is 6.71 Å². The largest absolute Gasteiger partial charge is 0.311 e. The van der Waals surface area contributed by atoms with Gasteiger partial charge in [0, 0.05) is 34.1 Å². The Bertz CT molecular complexity index is 2210. The van der Waals surface area contributed by atoms with E-state index in [1.165, 1.54) is 128 Å². The normalized spacial score (nSPS) is 16.1. The van der Waals surface area contributed by atoms with Gasteiger partial charge in [-0.2, -0.15) is 0 Å². The predicted molar refractivity (Wildman–Crippen MR) is 244 cm³/mol. The van der Waals surface area contributed by atoms with Gasteiger partial charge in [-0.05, 0) is 182 Å². The van der Waals surface area contributed by atoms with Crippen LogP contribution in [0.4, 0.5) is 34.1 Å². The lowest BCUT2D eigenvalue weighted by Crippen LogP contribution is -2.61. The number of benzene rings is 5. The van der Waals surface area contributed by atoms with Gasteiger partial charge in [0.05, 0.1) is 0 Å². The highest BCUT2D eigenvalue weighted by Gasteiger charge is 2.45. The molecule has 56 heavy (non-hydrogen) atoms. The third-order valence-electron chi connectivity index (χ3n) is 13.5. The molecule has 0 N–H and O–H groups in total. The molecule has 0 saturated carbocycles. The van der Waals surface area contributed by atoms with Crippen molar-refractivity contribution in [3.8, 4) is 0 Å². The summed E-state index contributed by atoms with van der Waals surface area (Å²) in [4.78, 5) is 5.37. The van der Waals surface area contributed by atoms with Crippen LogP contribution in [0.25, 0.3) is 0 Å². The summed E-state index contributed by atoms with van der Waals surface area (Å²) in [6.07, 6.45) is 7.17. The zero-order valence-electron chi connectivity index (χ0n) is 36.6. The van der Waals surface area contributed by atoms with Crippen molar-refractivity contribution in [1.29, 1.82) is 0 Å². The molecule has 0 atom stereocenters. The summed E-state index contributed by atoms with van der Waals surface area (Å²) in [6, 6.07) is 30.5. The minimum absolute atomic E-state index is 0.0140. The van der Waals surface area contributed by atoms with Gasteiger partial charge < -0.3 is 9.80 Å². The summed E-state index contributed by atoms with van der Waals surface area (Å²) >= 11 is 0. The topological polar surface area (TPSA) is 6.48 Å². The lowest BCUT2D eigenvalue weighted by molar-refractivity contribution is 0.568. The van der Waals surface area contributed by atoms with Crippen LogP contribution in [0.3, 0.4) is 0 Å². The number of hydrogen-bond donors (Lipinski definition) is 0. The summed E-state index contributed by atoms with van der Waals surface area (Å²) in [6.45, 7) is 30.9. The SMILES string of the molecule is Cc1cc2c3c(c1)N(c1cc(C(C)(C)C)cc(C(C)(C)C)c1)c1cc4c(cc1B3c1cc3c(cc1N2c1cc(C(C)(C)C)cc(C(C)(C)C)c1)CCC3)CCC4. The van der Waals surface area contributed by atoms with E-state index in [0.29, 0.717) is 0 Å². The molecule has 0 amide bonds. The Morgan fingerprint density at radius 1 is 0.393 bits per heavy atom. The molecule has 2 aliphatic heterocycles. The average molecular weight is 739 g/mol. The molecular weight excluding hydrogens is 675 g/mol. The first kappa shape index (κ1) is 37.3. The Hall–Kier alpha value is -4.24. The van der Waals surface area contributed by atoms with E-state index in [0.717, 1.165) is 0 Å². The first-order chi connectivity index (χ1) is 26.2. The van der Waals surface area contributed by atoms with Gasteiger partial charge in [-0.3, -0.25) is 0 Å². The third kappa shape index (κ3) is 6.06. The lowest BCUT2D eigenvalue weighted by atomic mass is 9.33. The first-order valence-corrected chi connectivity index (χ1v) is 21.6. The number of rotatable bonds is 2. The summed E-state index contributed by atoms with van der Waals surface area (Å²) in [7, 11) is 0. The van der Waals surface area contributed by atoms with Crippen molar-refractivity contribution < 1.29 is 0 Å². The number of hydrogen-bond acceptors (Lipinski definition) is 2. The standard InChI is InChI=1S/C53H63BN2/c1-32-20-47-49-48(21-32)56(42-30-39(52(8,9)10)27-40(31-42)53(11,12)13)46-25-36-19-15-17-34(36)23-44(46)54(49)43-22-33-16-14-18-35(33)24-45(43)55(47)41-28-37(50(2,3)4)26-38(29-41)51(5,6)7/h20-31H,14-19H2,1-13H3. The van der Waals surface area contributed by atoms with E-state index >= 15 is 0 Å². The van der Waals surface area contributed by atoms with Crippen LogP contribution in [0.1, 0.15) is 146 Å². The third-order valence-corrected chi connectivity index (χ3v) is 13.5. The molecule has 4 aliphatic rings. The fourth-order valence-corrected chi connectivity index (χ4v) is 10.0. The van der Waals surface area contributed by atoms with Gasteiger partial charge in [0.1, 0.15) is 0 Å². The number of nitrogens with zero attached hydrogens (tertiary/aromatic N) is 2. The predicted octanol–water partition coefficient (Wildman–Crippen LogP) is 12.2. The van der Waals surface area contributed by atoms with Gasteiger partial charge >= 0.3 is 0 Å². The summed E-state index contributed by atoms with van der Waals surface area (Å²) in [5, 5.41) is 0. The van der Waals surface area contributed by atoms with Crippen LogP contribution in [0.2, 0.25) is 0 Å². The number of anilines is 6. The Labute approximate surface area is 338 Å². The molecule has 0 unspecified atom stereocenters. The Kier molecular flexibility index (Phi) is 8.26. The van der Waals surface area contributed by atoms with Gasteiger partial charge in [-0.1, -0.05) is 107 Å². The minimum Gasteiger partial charge on any atom is -0.311 e. The second kappa shape index (κ2) is 12.4. The molecule has 5 aromatic rings. The van der Waals surface area contributed by atoms with Gasteiger partial charge in [0.2, 0.25) is 0 Å². The van der Waals surface area contributed by atoms with E-state index in [1.54, 1.807) is 11.1 Å². The van der Waals surface area contributed by atoms with E-state index in [2.05, 4.69) is 173 Å². The molecule has 5 aromatic carbocycles. The average Bonchev–Trinajstić information content (AvgIpc) is 3.76. The Morgan fingerprint density at radius 3 is 1.04 bits per heavy atom. The number of fused-ring (bicyclic) bond motifs is 6. The van der Waals surface area contributed by atoms with E-state index in [-0.39, 0.29) is 28.4 Å². The molecule has 3 heteroatoms. The molecule has 0 radical (unpaired) electrons. The molecule has 288 valence electrons. The smallest absolute Gasteiger partial charge is 0.252 e. The molecule has 0 saturated heterocycles. The molecule has 9 rings (SSSR count). The molecule has 2 nitrogen and oxygen atoms in total. The van der Waals surface area contributed by atoms with Crippen molar-refractivity contribution >= 4 is 57.2 Å². The highest BCUT2D eigenvalue weighted by molar-refractivity contribution is 7.00. The van der Waals surface area contributed by atoms with Crippen LogP contribution in [-0.4, -0.2) is 6.71 Å². The summed E-state index contributed by atoms with van der Waals surface area (Å²) in [5.74, 6) is 0. The molecule has 2 heterocycles. The highest BCUT2D eigenvalue weighted by Crippen LogP contribution is 2.48. The van der Waals surface area contributed by atoms with Crippen molar-refractivity contribution in [2.45, 2.75) is 150 Å². The summed E-state index contributed by atoms with van der Waals surface area (Å²) in [5.41, 5.74) is 25.5. The fraction of sp³-hybridized carbons (Fsp3) is 0.434. The zero-order chi connectivity index (χ0) is 39.9. The van der Waals surface area contributed by atoms with E-state index < -0.39 is 0 Å². The van der Waals surface area contributed by atoms with Crippen LogP contribution in [-0.2, 0) is 47.3 Å². The van der Waals surface area contributed by atoms with Crippen molar-refractivity contribution in [1.82, 2.24) is 0 Å². The van der Waals surface area contributed by atoms with Crippen LogP contribution in [0, 0.1) is 6.92 Å². The quantitative estimate of drug-likeness (QED) is 0.163. The maximum atomic E-state index is 2.68. The van der Waals surface area contributed by atoms with Gasteiger partial charge in [0.15, 0.2) is 0 Å².